The molecule has 1 amide bonds. The highest BCUT2D eigenvalue weighted by Gasteiger charge is 2.24. The van der Waals surface area contributed by atoms with E-state index in [9.17, 15) is 4.79 Å². The predicted molar refractivity (Wildman–Crippen MR) is 92.7 cm³/mol. The Bertz CT molecular complexity index is 841. The monoisotopic (exact) mass is 325 g/mol. The summed E-state index contributed by atoms with van der Waals surface area (Å²) < 4.78 is 3.60. The molecule has 0 spiro atoms. The van der Waals surface area contributed by atoms with Crippen LogP contribution in [0.5, 0.6) is 0 Å². The minimum atomic E-state index is -0.120. The number of amides is 1. The molecule has 1 atom stereocenters. The molecule has 3 aromatic rings. The van der Waals surface area contributed by atoms with E-state index >= 15 is 0 Å². The van der Waals surface area contributed by atoms with Gasteiger partial charge in [0.25, 0.3) is 5.91 Å². The second-order valence-corrected chi connectivity index (χ2v) is 7.31. The Kier molecular flexibility index (Phi) is 4.13. The third-order valence-corrected chi connectivity index (χ3v) is 3.99. The average molecular weight is 325 g/mol. The molecule has 0 aliphatic rings. The van der Waals surface area contributed by atoms with Crippen molar-refractivity contribution in [3.8, 4) is 0 Å². The number of aromatic nitrogens is 4. The predicted octanol–water partition coefficient (Wildman–Crippen LogP) is 2.98. The molecule has 0 aliphatic heterocycles. The molecule has 24 heavy (non-hydrogen) atoms. The van der Waals surface area contributed by atoms with E-state index in [2.05, 4.69) is 36.2 Å². The van der Waals surface area contributed by atoms with Gasteiger partial charge >= 0.3 is 0 Å². The van der Waals surface area contributed by atoms with Gasteiger partial charge in [-0.3, -0.25) is 9.78 Å². The van der Waals surface area contributed by atoms with E-state index in [1.54, 1.807) is 16.9 Å². The number of nitrogens with one attached hydrogen (secondary N) is 1. The first-order chi connectivity index (χ1) is 11.3. The molecule has 6 nitrogen and oxygen atoms in total. The summed E-state index contributed by atoms with van der Waals surface area (Å²) in [5, 5.41) is 7.39. The van der Waals surface area contributed by atoms with Crippen LogP contribution < -0.4 is 5.32 Å². The van der Waals surface area contributed by atoms with E-state index < -0.39 is 0 Å². The lowest BCUT2D eigenvalue weighted by Gasteiger charge is -2.27. The lowest BCUT2D eigenvalue weighted by atomic mass is 9.85. The fourth-order valence-electron chi connectivity index (χ4n) is 2.89. The molecular formula is C18H23N5O. The zero-order valence-electron chi connectivity index (χ0n) is 14.5. The van der Waals surface area contributed by atoms with Crippen LogP contribution in [0.25, 0.3) is 5.65 Å². The van der Waals surface area contributed by atoms with Gasteiger partial charge in [0, 0.05) is 31.8 Å². The third kappa shape index (κ3) is 3.32. The van der Waals surface area contributed by atoms with Crippen LogP contribution in [0.3, 0.4) is 0 Å². The number of carbonyl (C=O) groups is 1. The number of carbonyl (C=O) groups excluding carboxylic acids is 1. The number of hydrogen-bond acceptors (Lipinski definition) is 3. The van der Waals surface area contributed by atoms with Gasteiger partial charge in [-0.05, 0) is 23.5 Å². The van der Waals surface area contributed by atoms with E-state index in [1.807, 2.05) is 42.3 Å². The first kappa shape index (κ1) is 16.2. The Hall–Kier alpha value is -2.63. The van der Waals surface area contributed by atoms with Crippen molar-refractivity contribution in [2.24, 2.45) is 12.5 Å². The largest absolute Gasteiger partial charge is 0.345 e. The van der Waals surface area contributed by atoms with E-state index in [0.29, 0.717) is 5.56 Å². The van der Waals surface area contributed by atoms with Crippen molar-refractivity contribution in [2.75, 3.05) is 0 Å². The van der Waals surface area contributed by atoms with E-state index in [1.165, 1.54) is 0 Å². The summed E-state index contributed by atoms with van der Waals surface area (Å²) in [7, 11) is 1.90. The van der Waals surface area contributed by atoms with Gasteiger partial charge in [-0.2, -0.15) is 5.10 Å². The van der Waals surface area contributed by atoms with E-state index in [-0.39, 0.29) is 17.4 Å². The van der Waals surface area contributed by atoms with Gasteiger partial charge in [0.05, 0.1) is 12.2 Å². The zero-order valence-corrected chi connectivity index (χ0v) is 14.5. The van der Waals surface area contributed by atoms with Crippen LogP contribution in [0.1, 0.15) is 49.2 Å². The number of rotatable bonds is 4. The normalized spacial score (nSPS) is 13.2. The molecule has 0 saturated carbocycles. The molecule has 3 aromatic heterocycles. The highest BCUT2D eigenvalue weighted by molar-refractivity contribution is 6.00. The minimum absolute atomic E-state index is 0.0765. The standard InChI is InChI=1S/C18H23N5O/c1-18(2,3)10-15(13-6-5-7-19-11-13)21-16(24)14-12-20-23-9-8-22(4)17(14)23/h5-9,11-12,15H,10H2,1-4H3,(H,21,24). The van der Waals surface area contributed by atoms with Crippen molar-refractivity contribution in [1.29, 1.82) is 0 Å². The van der Waals surface area contributed by atoms with E-state index in [4.69, 9.17) is 0 Å². The van der Waals surface area contributed by atoms with Crippen LogP contribution in [-0.4, -0.2) is 25.1 Å². The summed E-state index contributed by atoms with van der Waals surface area (Å²) in [6, 6.07) is 3.80. The number of aryl methyl sites for hydroxylation is 1. The van der Waals surface area contributed by atoms with Crippen molar-refractivity contribution in [1.82, 2.24) is 24.5 Å². The fourth-order valence-corrected chi connectivity index (χ4v) is 2.89. The Balaban J connectivity index is 1.89. The molecule has 0 radical (unpaired) electrons. The summed E-state index contributed by atoms with van der Waals surface area (Å²) in [5.74, 6) is -0.120. The first-order valence-corrected chi connectivity index (χ1v) is 8.04. The first-order valence-electron chi connectivity index (χ1n) is 8.04. The molecule has 0 saturated heterocycles. The van der Waals surface area contributed by atoms with Crippen LogP contribution in [0.2, 0.25) is 0 Å². The fraction of sp³-hybridized carbons (Fsp3) is 0.389. The highest BCUT2D eigenvalue weighted by atomic mass is 16.1. The number of pyridine rings is 1. The molecule has 1 N–H and O–H groups in total. The van der Waals surface area contributed by atoms with Gasteiger partial charge in [-0.15, -0.1) is 0 Å². The SMILES string of the molecule is Cn1ccn2ncc(C(=O)NC(CC(C)(C)C)c3cccnc3)c12. The molecule has 3 rings (SSSR count). The highest BCUT2D eigenvalue weighted by Crippen LogP contribution is 2.29. The molecule has 1 unspecified atom stereocenters. The summed E-state index contributed by atoms with van der Waals surface area (Å²) >= 11 is 0. The number of nitrogens with zero attached hydrogens (tertiary/aromatic N) is 4. The van der Waals surface area contributed by atoms with Crippen LogP contribution in [0, 0.1) is 5.41 Å². The Morgan fingerprint density at radius 2 is 2.08 bits per heavy atom. The maximum Gasteiger partial charge on any atom is 0.257 e. The van der Waals surface area contributed by atoms with Gasteiger partial charge < -0.3 is 9.88 Å². The number of imidazole rings is 1. The number of hydrogen-bond donors (Lipinski definition) is 1. The molecule has 6 heteroatoms. The van der Waals surface area contributed by atoms with E-state index in [0.717, 1.165) is 17.6 Å². The van der Waals surface area contributed by atoms with Gasteiger partial charge in [0.1, 0.15) is 11.2 Å². The maximum atomic E-state index is 12.8. The van der Waals surface area contributed by atoms with Crippen LogP contribution >= 0.6 is 0 Å². The van der Waals surface area contributed by atoms with Crippen LogP contribution in [0.15, 0.2) is 43.1 Å². The number of fused-ring (bicyclic) bond motifs is 1. The van der Waals surface area contributed by atoms with Gasteiger partial charge in [-0.1, -0.05) is 26.8 Å². The van der Waals surface area contributed by atoms with Crippen molar-refractivity contribution >= 4 is 11.6 Å². The van der Waals surface area contributed by atoms with Crippen molar-refractivity contribution < 1.29 is 4.79 Å². The molecular weight excluding hydrogens is 302 g/mol. The Morgan fingerprint density at radius 3 is 2.75 bits per heavy atom. The summed E-state index contributed by atoms with van der Waals surface area (Å²) in [4.78, 5) is 17.0. The second-order valence-electron chi connectivity index (χ2n) is 7.31. The summed E-state index contributed by atoms with van der Waals surface area (Å²) in [6.07, 6.45) is 9.70. The molecule has 0 aromatic carbocycles. The Morgan fingerprint density at radius 1 is 1.29 bits per heavy atom. The maximum absolute atomic E-state index is 12.8. The van der Waals surface area contributed by atoms with Crippen LogP contribution in [-0.2, 0) is 7.05 Å². The minimum Gasteiger partial charge on any atom is -0.345 e. The average Bonchev–Trinajstić information content (AvgIpc) is 3.09. The topological polar surface area (TPSA) is 64.2 Å². The molecule has 126 valence electrons. The third-order valence-electron chi connectivity index (χ3n) is 3.99. The van der Waals surface area contributed by atoms with Crippen molar-refractivity contribution in [2.45, 2.75) is 33.2 Å². The molecule has 3 heterocycles. The van der Waals surface area contributed by atoms with Gasteiger partial charge in [0.15, 0.2) is 0 Å². The van der Waals surface area contributed by atoms with Crippen molar-refractivity contribution in [3.05, 3.63) is 54.2 Å². The molecule has 0 aliphatic carbocycles. The second kappa shape index (κ2) is 6.11. The zero-order chi connectivity index (χ0) is 17.3. The Labute approximate surface area is 141 Å². The van der Waals surface area contributed by atoms with Crippen molar-refractivity contribution in [3.63, 3.8) is 0 Å². The summed E-state index contributed by atoms with van der Waals surface area (Å²) in [5.41, 5.74) is 2.45. The quantitative estimate of drug-likeness (QED) is 0.802. The molecule has 0 bridgehead atoms. The lowest BCUT2D eigenvalue weighted by Crippen LogP contribution is -2.31. The molecule has 0 fully saturated rings. The smallest absolute Gasteiger partial charge is 0.257 e. The van der Waals surface area contributed by atoms with Crippen LogP contribution in [0.4, 0.5) is 0 Å². The summed E-state index contributed by atoms with van der Waals surface area (Å²) in [6.45, 7) is 6.49. The van der Waals surface area contributed by atoms with Gasteiger partial charge in [0.2, 0.25) is 0 Å². The lowest BCUT2D eigenvalue weighted by molar-refractivity contribution is 0.0927. The van der Waals surface area contributed by atoms with Gasteiger partial charge in [-0.25, -0.2) is 4.52 Å².